The van der Waals surface area contributed by atoms with Gasteiger partial charge in [0.25, 0.3) is 0 Å². The first-order valence-corrected chi connectivity index (χ1v) is 6.52. The average Bonchev–Trinajstić information content (AvgIpc) is 3.10. The maximum Gasteiger partial charge on any atom is 0.673 e. The summed E-state index contributed by atoms with van der Waals surface area (Å²) in [5.74, 6) is 0. The Kier molecular flexibility index (Phi) is 6.47. The summed E-state index contributed by atoms with van der Waals surface area (Å²) in [4.78, 5) is 0. The first-order chi connectivity index (χ1) is 8.90. The molecule has 0 N–H and O–H groups in total. The van der Waals surface area contributed by atoms with Crippen LogP contribution in [-0.4, -0.2) is 7.25 Å². The second kappa shape index (κ2) is 7.42. The maximum absolute atomic E-state index is 9.75. The molecule has 4 bridgehead atoms. The van der Waals surface area contributed by atoms with Gasteiger partial charge < -0.3 is 17.3 Å². The van der Waals surface area contributed by atoms with Gasteiger partial charge in [0, 0.05) is 20.1 Å². The second-order valence-electron chi connectivity index (χ2n) is 5.15. The molecule has 0 spiro atoms. The van der Waals surface area contributed by atoms with Crippen molar-refractivity contribution < 1.29 is 37.4 Å². The first-order valence-electron chi connectivity index (χ1n) is 6.52. The zero-order valence-corrected chi connectivity index (χ0v) is 13.4. The van der Waals surface area contributed by atoms with E-state index in [9.17, 15) is 17.3 Å². The van der Waals surface area contributed by atoms with Crippen molar-refractivity contribution in [2.24, 2.45) is 0 Å². The molecule has 0 aliphatic heterocycles. The number of fused-ring (bicyclic) bond motifs is 4. The molecule has 2 saturated carbocycles. The molecule has 0 atom stereocenters. The Morgan fingerprint density at radius 2 is 0.800 bits per heavy atom. The number of hydrogen-bond acceptors (Lipinski definition) is 0. The standard InChI is InChI=1S/2C7H8.BF4.Ir/c2*1-2-7-4-3-6(1)5-7;2-1(3,4)5;/h2*1-2H,3-5H2;;/q;;-1;. The number of hydrogen-bond donors (Lipinski definition) is 0. The normalized spacial score (nSPS) is 20.6. The van der Waals surface area contributed by atoms with Crippen molar-refractivity contribution in [2.75, 3.05) is 0 Å². The molecule has 1 radical (unpaired) electrons. The fourth-order valence-corrected chi connectivity index (χ4v) is 2.62. The van der Waals surface area contributed by atoms with Crippen molar-refractivity contribution >= 4 is 7.25 Å². The average molecular weight is 463 g/mol. The predicted octanol–water partition coefficient (Wildman–Crippen LogP) is 5.37. The first kappa shape index (κ1) is 17.4. The van der Waals surface area contributed by atoms with Crippen LogP contribution in [0.15, 0.2) is 46.6 Å². The molecule has 0 amide bonds. The largest absolute Gasteiger partial charge is 0.673 e. The third-order valence-corrected chi connectivity index (χ3v) is 3.55. The Hall–Kier alpha value is -0.606. The summed E-state index contributed by atoms with van der Waals surface area (Å²) in [6, 6.07) is 0. The van der Waals surface area contributed by atoms with Crippen LogP contribution in [0.25, 0.3) is 0 Å². The van der Waals surface area contributed by atoms with Crippen molar-refractivity contribution in [2.45, 2.75) is 38.5 Å². The smallest absolute Gasteiger partial charge is 0.418 e. The summed E-state index contributed by atoms with van der Waals surface area (Å²) in [7, 11) is -6.00. The maximum atomic E-state index is 9.75. The van der Waals surface area contributed by atoms with Gasteiger partial charge in [-0.1, -0.05) is 46.6 Å². The minimum Gasteiger partial charge on any atom is -0.418 e. The van der Waals surface area contributed by atoms with E-state index in [-0.39, 0.29) is 20.1 Å². The molecule has 4 aliphatic rings. The quantitative estimate of drug-likeness (QED) is 0.335. The van der Waals surface area contributed by atoms with Gasteiger partial charge in [-0.05, 0) is 38.5 Å². The summed E-state index contributed by atoms with van der Waals surface area (Å²) in [6.45, 7) is 0. The molecule has 4 aliphatic carbocycles. The van der Waals surface area contributed by atoms with E-state index < -0.39 is 7.25 Å². The Morgan fingerprint density at radius 3 is 0.850 bits per heavy atom. The molecule has 0 aromatic rings. The Morgan fingerprint density at radius 1 is 0.600 bits per heavy atom. The van der Waals surface area contributed by atoms with Gasteiger partial charge in [-0.3, -0.25) is 0 Å². The summed E-state index contributed by atoms with van der Waals surface area (Å²) in [5, 5.41) is 0. The van der Waals surface area contributed by atoms with Gasteiger partial charge >= 0.3 is 7.25 Å². The minimum atomic E-state index is -6.00. The summed E-state index contributed by atoms with van der Waals surface area (Å²) >= 11 is 0. The van der Waals surface area contributed by atoms with E-state index in [0.29, 0.717) is 0 Å². The van der Waals surface area contributed by atoms with Crippen molar-refractivity contribution in [1.29, 1.82) is 0 Å². The Labute approximate surface area is 130 Å². The monoisotopic (exact) mass is 464 g/mol. The third kappa shape index (κ3) is 6.23. The van der Waals surface area contributed by atoms with Crippen molar-refractivity contribution in [1.82, 2.24) is 0 Å². The number of allylic oxidation sites excluding steroid dienone is 8. The Bertz CT molecular complexity index is 392. The molecule has 0 saturated heterocycles. The van der Waals surface area contributed by atoms with E-state index >= 15 is 0 Å². The van der Waals surface area contributed by atoms with Gasteiger partial charge in [-0.2, -0.15) is 0 Å². The van der Waals surface area contributed by atoms with Gasteiger partial charge in [0.05, 0.1) is 0 Å². The van der Waals surface area contributed by atoms with Crippen LogP contribution in [0.3, 0.4) is 0 Å². The molecule has 113 valence electrons. The predicted molar refractivity (Wildman–Crippen MR) is 70.2 cm³/mol. The van der Waals surface area contributed by atoms with Gasteiger partial charge in [-0.15, -0.1) is 0 Å². The Balaban J connectivity index is 0.000000150. The SMILES string of the molecule is C1=C2CCC(=C1)C2.C1=C2CCC(=C1)C2.F[B-](F)(F)F.[Ir]. The molecule has 6 heteroatoms. The van der Waals surface area contributed by atoms with Crippen LogP contribution in [0.1, 0.15) is 38.5 Å². The summed E-state index contributed by atoms with van der Waals surface area (Å²) < 4.78 is 39.0. The zero-order valence-electron chi connectivity index (χ0n) is 11.0. The molecule has 20 heavy (non-hydrogen) atoms. The van der Waals surface area contributed by atoms with Crippen LogP contribution in [-0.2, 0) is 20.1 Å². The number of halogens is 4. The molecule has 0 aromatic heterocycles. The van der Waals surface area contributed by atoms with E-state index in [4.69, 9.17) is 0 Å². The fourth-order valence-electron chi connectivity index (χ4n) is 2.62. The van der Waals surface area contributed by atoms with Crippen LogP contribution in [0.2, 0.25) is 0 Å². The van der Waals surface area contributed by atoms with Crippen molar-refractivity contribution in [3.05, 3.63) is 46.6 Å². The molecular weight excluding hydrogens is 447 g/mol. The molecule has 2 fully saturated rings. The van der Waals surface area contributed by atoms with Gasteiger partial charge in [0.1, 0.15) is 0 Å². The molecule has 0 aromatic carbocycles. The van der Waals surface area contributed by atoms with E-state index in [0.717, 1.165) is 0 Å². The topological polar surface area (TPSA) is 0 Å². The van der Waals surface area contributed by atoms with Crippen molar-refractivity contribution in [3.8, 4) is 0 Å². The summed E-state index contributed by atoms with van der Waals surface area (Å²) in [6.07, 6.45) is 17.1. The third-order valence-electron chi connectivity index (χ3n) is 3.55. The van der Waals surface area contributed by atoms with Crippen LogP contribution < -0.4 is 0 Å². The van der Waals surface area contributed by atoms with E-state index in [2.05, 4.69) is 24.3 Å². The van der Waals surface area contributed by atoms with E-state index in [1.807, 2.05) is 0 Å². The van der Waals surface area contributed by atoms with Crippen LogP contribution in [0.5, 0.6) is 0 Å². The zero-order chi connectivity index (χ0) is 13.9. The minimum absolute atomic E-state index is 0. The molecule has 0 unspecified atom stereocenters. The fraction of sp³-hybridized carbons (Fsp3) is 0.429. The van der Waals surface area contributed by atoms with Gasteiger partial charge in [0.2, 0.25) is 0 Å². The molecule has 0 heterocycles. The van der Waals surface area contributed by atoms with E-state index in [1.54, 1.807) is 22.3 Å². The molecular formula is C14H16BF4Ir-. The van der Waals surface area contributed by atoms with Gasteiger partial charge in [-0.25, -0.2) is 0 Å². The van der Waals surface area contributed by atoms with Gasteiger partial charge in [0.15, 0.2) is 0 Å². The summed E-state index contributed by atoms with van der Waals surface area (Å²) in [5.41, 5.74) is 6.59. The van der Waals surface area contributed by atoms with Crippen LogP contribution >= 0.6 is 0 Å². The van der Waals surface area contributed by atoms with Crippen LogP contribution in [0.4, 0.5) is 17.3 Å². The van der Waals surface area contributed by atoms with Crippen LogP contribution in [0, 0.1) is 0 Å². The van der Waals surface area contributed by atoms with Crippen molar-refractivity contribution in [3.63, 3.8) is 0 Å². The van der Waals surface area contributed by atoms with E-state index in [1.165, 1.54) is 38.5 Å². The second-order valence-corrected chi connectivity index (χ2v) is 5.15. The molecule has 4 rings (SSSR count). The molecule has 0 nitrogen and oxygen atoms in total. The number of rotatable bonds is 0.